The zero-order valence-electron chi connectivity index (χ0n) is 14.5. The third kappa shape index (κ3) is 3.68. The number of hydrogen-bond donors (Lipinski definition) is 1. The van der Waals surface area contributed by atoms with Gasteiger partial charge in [0.15, 0.2) is 0 Å². The number of rotatable bonds is 5. The molecule has 0 aliphatic heterocycles. The number of fused-ring (bicyclic) bond motifs is 1. The molecule has 0 saturated heterocycles. The van der Waals surface area contributed by atoms with Crippen molar-refractivity contribution >= 4 is 28.5 Å². The van der Waals surface area contributed by atoms with E-state index in [1.807, 2.05) is 49.4 Å². The molecule has 0 fully saturated rings. The summed E-state index contributed by atoms with van der Waals surface area (Å²) in [6, 6.07) is 16.6. The zero-order chi connectivity index (χ0) is 18.8. The molecule has 0 spiro atoms. The minimum Gasteiger partial charge on any atom is -0.459 e. The van der Waals surface area contributed by atoms with Gasteiger partial charge in [-0.3, -0.25) is 4.79 Å². The van der Waals surface area contributed by atoms with E-state index in [0.29, 0.717) is 22.2 Å². The summed E-state index contributed by atoms with van der Waals surface area (Å²) in [6.45, 7) is 1.81. The maximum Gasteiger partial charge on any atom is 0.244 e. The largest absolute Gasteiger partial charge is 0.459 e. The summed E-state index contributed by atoms with van der Waals surface area (Å²) in [5.41, 5.74) is 1.46. The number of furan rings is 1. The van der Waals surface area contributed by atoms with Gasteiger partial charge in [-0.1, -0.05) is 41.9 Å². The van der Waals surface area contributed by atoms with E-state index in [2.05, 4.69) is 20.7 Å². The van der Waals surface area contributed by atoms with Gasteiger partial charge in [0.2, 0.25) is 11.7 Å². The fourth-order valence-electron chi connectivity index (χ4n) is 2.76. The third-order valence-corrected chi connectivity index (χ3v) is 4.43. The van der Waals surface area contributed by atoms with Crippen molar-refractivity contribution in [3.05, 3.63) is 65.4 Å². The van der Waals surface area contributed by atoms with Gasteiger partial charge in [-0.15, -0.1) is 10.2 Å². The Morgan fingerprint density at radius 1 is 1.22 bits per heavy atom. The molecule has 7 nitrogen and oxygen atoms in total. The lowest BCUT2D eigenvalue weighted by molar-refractivity contribution is -0.122. The average molecular weight is 382 g/mol. The fourth-order valence-corrected chi connectivity index (χ4v) is 2.98. The third-order valence-electron chi connectivity index (χ3n) is 4.10. The minimum atomic E-state index is -0.281. The topological polar surface area (TPSA) is 85.8 Å². The van der Waals surface area contributed by atoms with Crippen molar-refractivity contribution in [3.63, 3.8) is 0 Å². The van der Waals surface area contributed by atoms with E-state index in [0.717, 1.165) is 11.0 Å². The molecular weight excluding hydrogens is 366 g/mol. The number of carbonyl (C=O) groups excluding carboxylic acids is 1. The van der Waals surface area contributed by atoms with E-state index in [9.17, 15) is 4.79 Å². The first kappa shape index (κ1) is 17.2. The number of para-hydroxylation sites is 1. The van der Waals surface area contributed by atoms with Crippen LogP contribution >= 0.6 is 11.6 Å². The van der Waals surface area contributed by atoms with Crippen LogP contribution in [0, 0.1) is 0 Å². The summed E-state index contributed by atoms with van der Waals surface area (Å²) in [6.07, 6.45) is 0. The summed E-state index contributed by atoms with van der Waals surface area (Å²) >= 11 is 6.14. The summed E-state index contributed by atoms with van der Waals surface area (Å²) in [5, 5.41) is 16.5. The molecule has 4 aromatic rings. The van der Waals surface area contributed by atoms with Gasteiger partial charge >= 0.3 is 0 Å². The highest BCUT2D eigenvalue weighted by molar-refractivity contribution is 6.33. The Morgan fingerprint density at radius 2 is 2.00 bits per heavy atom. The standard InChI is InChI=1S/C19H16ClN5O2/c1-12(17-10-13-6-2-5-9-16(13)27-17)21-18(26)11-25-23-19(22-24-25)14-7-3-4-8-15(14)20/h2-10,12H,11H2,1H3,(H,21,26)/t12-/m1/s1. The van der Waals surface area contributed by atoms with Gasteiger partial charge in [0.1, 0.15) is 17.9 Å². The predicted octanol–water partition coefficient (Wildman–Crippen LogP) is 3.62. The van der Waals surface area contributed by atoms with Crippen LogP contribution in [-0.4, -0.2) is 26.1 Å². The summed E-state index contributed by atoms with van der Waals surface area (Å²) in [7, 11) is 0. The fraction of sp³-hybridized carbons (Fsp3) is 0.158. The molecule has 1 atom stereocenters. The van der Waals surface area contributed by atoms with Gasteiger partial charge in [-0.05, 0) is 36.4 Å². The SMILES string of the molecule is C[C@@H](NC(=O)Cn1nnc(-c2ccccc2Cl)n1)c1cc2ccccc2o1. The summed E-state index contributed by atoms with van der Waals surface area (Å²) in [4.78, 5) is 13.6. The lowest BCUT2D eigenvalue weighted by Gasteiger charge is -2.10. The van der Waals surface area contributed by atoms with Crippen molar-refractivity contribution < 1.29 is 9.21 Å². The number of aromatic nitrogens is 4. The van der Waals surface area contributed by atoms with E-state index in [-0.39, 0.29) is 18.5 Å². The van der Waals surface area contributed by atoms with Gasteiger partial charge in [0, 0.05) is 10.9 Å². The lowest BCUT2D eigenvalue weighted by atomic mass is 10.2. The van der Waals surface area contributed by atoms with Crippen LogP contribution in [0.25, 0.3) is 22.4 Å². The number of nitrogens with zero attached hydrogens (tertiary/aromatic N) is 4. The molecule has 8 heteroatoms. The Labute approximate surface area is 159 Å². The number of tetrazole rings is 1. The van der Waals surface area contributed by atoms with Crippen LogP contribution in [0.15, 0.2) is 59.0 Å². The molecule has 4 rings (SSSR count). The van der Waals surface area contributed by atoms with Crippen LogP contribution in [0.2, 0.25) is 5.02 Å². The first-order chi connectivity index (χ1) is 13.1. The highest BCUT2D eigenvalue weighted by Crippen LogP contribution is 2.24. The maximum absolute atomic E-state index is 12.3. The molecule has 0 aliphatic carbocycles. The number of carbonyl (C=O) groups is 1. The van der Waals surface area contributed by atoms with E-state index in [4.69, 9.17) is 16.0 Å². The molecule has 0 aliphatic rings. The molecule has 1 amide bonds. The Morgan fingerprint density at radius 3 is 2.81 bits per heavy atom. The minimum absolute atomic E-state index is 0.0536. The maximum atomic E-state index is 12.3. The number of halogens is 1. The number of nitrogens with one attached hydrogen (secondary N) is 1. The first-order valence-corrected chi connectivity index (χ1v) is 8.78. The van der Waals surface area contributed by atoms with Gasteiger partial charge in [-0.25, -0.2) is 0 Å². The highest BCUT2D eigenvalue weighted by Gasteiger charge is 2.16. The van der Waals surface area contributed by atoms with Gasteiger partial charge in [0.05, 0.1) is 11.1 Å². The van der Waals surface area contributed by atoms with Gasteiger partial charge < -0.3 is 9.73 Å². The molecule has 2 aromatic heterocycles. The molecule has 0 radical (unpaired) electrons. The smallest absolute Gasteiger partial charge is 0.244 e. The molecule has 0 saturated carbocycles. The lowest BCUT2D eigenvalue weighted by Crippen LogP contribution is -2.30. The summed E-state index contributed by atoms with van der Waals surface area (Å²) < 4.78 is 5.78. The Hall–Kier alpha value is -3.19. The second-order valence-electron chi connectivity index (χ2n) is 6.10. The van der Waals surface area contributed by atoms with Crippen molar-refractivity contribution in [1.82, 2.24) is 25.5 Å². The highest BCUT2D eigenvalue weighted by atomic mass is 35.5. The van der Waals surface area contributed by atoms with Crippen molar-refractivity contribution in [2.75, 3.05) is 0 Å². The summed E-state index contributed by atoms with van der Waals surface area (Å²) in [5.74, 6) is 0.817. The number of hydrogen-bond acceptors (Lipinski definition) is 5. The monoisotopic (exact) mass is 381 g/mol. The molecule has 0 bridgehead atoms. The van der Waals surface area contributed by atoms with Crippen LogP contribution in [0.4, 0.5) is 0 Å². The quantitative estimate of drug-likeness (QED) is 0.570. The molecule has 0 unspecified atom stereocenters. The molecule has 136 valence electrons. The van der Waals surface area contributed by atoms with Gasteiger partial charge in [-0.2, -0.15) is 4.80 Å². The molecule has 27 heavy (non-hydrogen) atoms. The predicted molar refractivity (Wildman–Crippen MR) is 101 cm³/mol. The van der Waals surface area contributed by atoms with Crippen LogP contribution in [0.5, 0.6) is 0 Å². The van der Waals surface area contributed by atoms with Crippen LogP contribution < -0.4 is 5.32 Å². The Kier molecular flexibility index (Phi) is 4.60. The Balaban J connectivity index is 1.43. The average Bonchev–Trinajstić information content (AvgIpc) is 3.28. The Bertz CT molecular complexity index is 1070. The van der Waals surface area contributed by atoms with E-state index < -0.39 is 0 Å². The second-order valence-corrected chi connectivity index (χ2v) is 6.51. The first-order valence-electron chi connectivity index (χ1n) is 8.41. The number of amides is 1. The van der Waals surface area contributed by atoms with E-state index in [1.54, 1.807) is 12.1 Å². The second kappa shape index (κ2) is 7.20. The molecular formula is C19H16ClN5O2. The number of benzene rings is 2. The normalized spacial score (nSPS) is 12.2. The van der Waals surface area contributed by atoms with Crippen LogP contribution in [0.1, 0.15) is 18.7 Å². The zero-order valence-corrected chi connectivity index (χ0v) is 15.2. The van der Waals surface area contributed by atoms with Crippen molar-refractivity contribution in [2.24, 2.45) is 0 Å². The van der Waals surface area contributed by atoms with Crippen molar-refractivity contribution in [3.8, 4) is 11.4 Å². The van der Waals surface area contributed by atoms with E-state index >= 15 is 0 Å². The van der Waals surface area contributed by atoms with Crippen molar-refractivity contribution in [2.45, 2.75) is 19.5 Å². The van der Waals surface area contributed by atoms with Gasteiger partial charge in [0.25, 0.3) is 0 Å². The molecule has 2 heterocycles. The van der Waals surface area contributed by atoms with Crippen molar-refractivity contribution in [1.29, 1.82) is 0 Å². The van der Waals surface area contributed by atoms with Crippen LogP contribution in [-0.2, 0) is 11.3 Å². The molecule has 1 N–H and O–H groups in total. The van der Waals surface area contributed by atoms with Crippen LogP contribution in [0.3, 0.4) is 0 Å². The molecule has 2 aromatic carbocycles. The van der Waals surface area contributed by atoms with E-state index in [1.165, 1.54) is 4.80 Å².